The van der Waals surface area contributed by atoms with E-state index >= 15 is 0 Å². The zero-order valence-corrected chi connectivity index (χ0v) is 7.95. The first kappa shape index (κ1) is 9.20. The van der Waals surface area contributed by atoms with Gasteiger partial charge in [0.1, 0.15) is 4.99 Å². The molecule has 1 rings (SSSR count). The van der Waals surface area contributed by atoms with Crippen molar-refractivity contribution in [1.82, 2.24) is 0 Å². The molecule has 2 heteroatoms. The molecule has 0 atom stereocenters. The summed E-state index contributed by atoms with van der Waals surface area (Å²) in [6, 6.07) is 8.93. The maximum Gasteiger partial charge on any atom is 0.104 e. The molecular formula is C10H12NS. The molecule has 0 aliphatic carbocycles. The number of hydrogen-bond donors (Lipinski definition) is 1. The average Bonchev–Trinajstić information content (AvgIpc) is 2.05. The van der Waals surface area contributed by atoms with E-state index in [2.05, 4.69) is 13.0 Å². The normalized spacial score (nSPS) is 9.75. The summed E-state index contributed by atoms with van der Waals surface area (Å²) < 4.78 is 0. The van der Waals surface area contributed by atoms with Gasteiger partial charge in [-0.25, -0.2) is 0 Å². The standard InChI is InChI=1S/C10H12NS/c1-2-4-8-5-3-6-9(7-8)10(11)12/h3,5,7H,2,4H2,1H3,(H2,11,12). The molecule has 1 aromatic rings. The molecule has 0 unspecified atom stereocenters. The van der Waals surface area contributed by atoms with Crippen LogP contribution >= 0.6 is 12.2 Å². The lowest BCUT2D eigenvalue weighted by atomic mass is 10.1. The van der Waals surface area contributed by atoms with Crippen LogP contribution in [0.5, 0.6) is 0 Å². The van der Waals surface area contributed by atoms with Gasteiger partial charge in [0.05, 0.1) is 0 Å². The third-order valence-corrected chi connectivity index (χ3v) is 1.89. The van der Waals surface area contributed by atoms with Crippen LogP contribution in [0.15, 0.2) is 18.2 Å². The molecule has 0 fully saturated rings. The van der Waals surface area contributed by atoms with Gasteiger partial charge in [-0.05, 0) is 24.1 Å². The maximum atomic E-state index is 5.48. The zero-order chi connectivity index (χ0) is 8.97. The Morgan fingerprint density at radius 3 is 3.00 bits per heavy atom. The van der Waals surface area contributed by atoms with Crippen LogP contribution in [-0.4, -0.2) is 4.99 Å². The molecule has 0 aromatic heterocycles. The van der Waals surface area contributed by atoms with Gasteiger partial charge >= 0.3 is 0 Å². The summed E-state index contributed by atoms with van der Waals surface area (Å²) in [6.45, 7) is 2.15. The minimum Gasteiger partial charge on any atom is -0.389 e. The fraction of sp³-hybridized carbons (Fsp3) is 0.300. The van der Waals surface area contributed by atoms with Gasteiger partial charge < -0.3 is 5.73 Å². The van der Waals surface area contributed by atoms with Crippen LogP contribution in [0.25, 0.3) is 0 Å². The molecule has 0 bridgehead atoms. The summed E-state index contributed by atoms with van der Waals surface area (Å²) in [6.07, 6.45) is 2.21. The molecule has 63 valence electrons. The van der Waals surface area contributed by atoms with E-state index < -0.39 is 0 Å². The molecule has 1 radical (unpaired) electrons. The number of hydrogen-bond acceptors (Lipinski definition) is 1. The van der Waals surface area contributed by atoms with Crippen LogP contribution < -0.4 is 5.73 Å². The highest BCUT2D eigenvalue weighted by atomic mass is 32.1. The molecule has 0 aliphatic rings. The van der Waals surface area contributed by atoms with Crippen molar-refractivity contribution < 1.29 is 0 Å². The molecule has 0 spiro atoms. The Hall–Kier alpha value is -0.890. The van der Waals surface area contributed by atoms with Crippen LogP contribution in [0.4, 0.5) is 0 Å². The van der Waals surface area contributed by atoms with Crippen molar-refractivity contribution in [2.24, 2.45) is 5.73 Å². The van der Waals surface area contributed by atoms with Gasteiger partial charge in [0.15, 0.2) is 0 Å². The van der Waals surface area contributed by atoms with Gasteiger partial charge in [-0.2, -0.15) is 0 Å². The first-order valence-corrected chi connectivity index (χ1v) is 4.45. The van der Waals surface area contributed by atoms with Gasteiger partial charge in [-0.1, -0.05) is 37.7 Å². The Balaban J connectivity index is 2.88. The fourth-order valence-electron chi connectivity index (χ4n) is 1.10. The highest BCUT2D eigenvalue weighted by Gasteiger charge is 1.97. The Kier molecular flexibility index (Phi) is 3.23. The van der Waals surface area contributed by atoms with E-state index in [0.29, 0.717) is 4.99 Å². The van der Waals surface area contributed by atoms with Gasteiger partial charge in [-0.3, -0.25) is 0 Å². The van der Waals surface area contributed by atoms with E-state index in [9.17, 15) is 0 Å². The molecule has 0 aliphatic heterocycles. The molecule has 12 heavy (non-hydrogen) atoms. The van der Waals surface area contributed by atoms with Crippen molar-refractivity contribution in [3.8, 4) is 0 Å². The highest BCUT2D eigenvalue weighted by molar-refractivity contribution is 7.80. The van der Waals surface area contributed by atoms with E-state index in [1.807, 2.05) is 18.2 Å². The van der Waals surface area contributed by atoms with Crippen LogP contribution in [0.1, 0.15) is 24.5 Å². The molecule has 1 aromatic carbocycles. The van der Waals surface area contributed by atoms with Crippen LogP contribution in [0.2, 0.25) is 0 Å². The second kappa shape index (κ2) is 4.21. The minimum atomic E-state index is 0.424. The smallest absolute Gasteiger partial charge is 0.104 e. The van der Waals surface area contributed by atoms with Crippen LogP contribution in [-0.2, 0) is 6.42 Å². The summed E-state index contributed by atoms with van der Waals surface area (Å²) >= 11 is 4.85. The predicted octanol–water partition coefficient (Wildman–Crippen LogP) is 2.07. The Labute approximate surface area is 78.6 Å². The van der Waals surface area contributed by atoms with Gasteiger partial charge in [0, 0.05) is 5.56 Å². The molecule has 0 amide bonds. The van der Waals surface area contributed by atoms with E-state index in [1.54, 1.807) is 0 Å². The first-order valence-electron chi connectivity index (χ1n) is 4.04. The lowest BCUT2D eigenvalue weighted by molar-refractivity contribution is 0.921. The fourth-order valence-corrected chi connectivity index (χ4v) is 1.22. The molecule has 2 N–H and O–H groups in total. The van der Waals surface area contributed by atoms with Gasteiger partial charge in [-0.15, -0.1) is 0 Å². The average molecular weight is 178 g/mol. The summed E-state index contributed by atoms with van der Waals surface area (Å²) in [5.74, 6) is 0. The topological polar surface area (TPSA) is 26.0 Å². The van der Waals surface area contributed by atoms with E-state index in [0.717, 1.165) is 18.4 Å². The third-order valence-electron chi connectivity index (χ3n) is 1.67. The molecular weight excluding hydrogens is 166 g/mol. The summed E-state index contributed by atoms with van der Waals surface area (Å²) in [7, 11) is 0. The third kappa shape index (κ3) is 2.31. The second-order valence-corrected chi connectivity index (χ2v) is 3.16. The molecule has 0 heterocycles. The van der Waals surface area contributed by atoms with Gasteiger partial charge in [0.2, 0.25) is 0 Å². The van der Waals surface area contributed by atoms with E-state index in [4.69, 9.17) is 18.0 Å². The number of aryl methyl sites for hydroxylation is 1. The maximum absolute atomic E-state index is 5.48. The largest absolute Gasteiger partial charge is 0.389 e. The van der Waals surface area contributed by atoms with Crippen molar-refractivity contribution in [3.05, 3.63) is 35.4 Å². The van der Waals surface area contributed by atoms with Crippen LogP contribution in [0.3, 0.4) is 0 Å². The predicted molar refractivity (Wildman–Crippen MR) is 55.2 cm³/mol. The van der Waals surface area contributed by atoms with Crippen LogP contribution in [0, 0.1) is 6.07 Å². The molecule has 0 saturated carbocycles. The second-order valence-electron chi connectivity index (χ2n) is 2.72. The summed E-state index contributed by atoms with van der Waals surface area (Å²) in [4.78, 5) is 0.424. The molecule has 1 nitrogen and oxygen atoms in total. The number of benzene rings is 1. The minimum absolute atomic E-state index is 0.424. The summed E-state index contributed by atoms with van der Waals surface area (Å²) in [5.41, 5.74) is 7.60. The quantitative estimate of drug-likeness (QED) is 0.717. The lowest BCUT2D eigenvalue weighted by Crippen LogP contribution is -2.09. The van der Waals surface area contributed by atoms with Crippen molar-refractivity contribution in [3.63, 3.8) is 0 Å². The SMILES string of the molecule is CCCc1cc[c]c(C(N)=S)c1. The number of nitrogens with two attached hydrogens (primary N) is 1. The van der Waals surface area contributed by atoms with Crippen molar-refractivity contribution in [2.75, 3.05) is 0 Å². The van der Waals surface area contributed by atoms with E-state index in [1.165, 1.54) is 5.56 Å². The lowest BCUT2D eigenvalue weighted by Gasteiger charge is -2.01. The van der Waals surface area contributed by atoms with Crippen molar-refractivity contribution in [1.29, 1.82) is 0 Å². The van der Waals surface area contributed by atoms with Crippen molar-refractivity contribution in [2.45, 2.75) is 19.8 Å². The Morgan fingerprint density at radius 1 is 1.67 bits per heavy atom. The number of rotatable bonds is 3. The molecule has 0 saturated heterocycles. The monoisotopic (exact) mass is 178 g/mol. The van der Waals surface area contributed by atoms with E-state index in [-0.39, 0.29) is 0 Å². The van der Waals surface area contributed by atoms with Crippen molar-refractivity contribution >= 4 is 17.2 Å². The highest BCUT2D eigenvalue weighted by Crippen LogP contribution is 2.06. The summed E-state index contributed by atoms with van der Waals surface area (Å²) in [5, 5.41) is 0. The zero-order valence-electron chi connectivity index (χ0n) is 7.13. The Bertz CT molecular complexity index is 281. The van der Waals surface area contributed by atoms with Gasteiger partial charge in [0.25, 0.3) is 0 Å². The number of thiocarbonyl (C=S) groups is 1. The Morgan fingerprint density at radius 2 is 2.42 bits per heavy atom. The first-order chi connectivity index (χ1) is 5.74.